The lowest BCUT2D eigenvalue weighted by atomic mass is 9.79. The molecule has 1 N–H and O–H groups in total. The molecule has 1 fully saturated rings. The normalized spacial score (nSPS) is 15.9. The third-order valence-corrected chi connectivity index (χ3v) is 9.16. The van der Waals surface area contributed by atoms with Gasteiger partial charge in [-0.05, 0) is 54.7 Å². The Hall–Kier alpha value is -2.57. The average Bonchev–Trinajstić information content (AvgIpc) is 3.44. The number of rotatable bonds is 7. The lowest BCUT2D eigenvalue weighted by Crippen LogP contribution is -2.20. The molecule has 5 rings (SSSR count). The highest BCUT2D eigenvalue weighted by Crippen LogP contribution is 2.58. The molecule has 2 aromatic carbocycles. The lowest BCUT2D eigenvalue weighted by molar-refractivity contribution is 0.373. The van der Waals surface area contributed by atoms with Crippen molar-refractivity contribution >= 4 is 41.6 Å². The largest absolute Gasteiger partial charge is 0.495 e. The van der Waals surface area contributed by atoms with Gasteiger partial charge in [0.15, 0.2) is 26.3 Å². The second-order valence-electron chi connectivity index (χ2n) is 8.99. The van der Waals surface area contributed by atoms with Crippen molar-refractivity contribution in [2.45, 2.75) is 35.3 Å². The summed E-state index contributed by atoms with van der Waals surface area (Å²) in [5.41, 5.74) is 3.08. The summed E-state index contributed by atoms with van der Waals surface area (Å²) in [6.07, 6.45) is 3.71. The summed E-state index contributed by atoms with van der Waals surface area (Å²) in [5, 5.41) is 4.07. The Morgan fingerprint density at radius 2 is 1.74 bits per heavy atom. The maximum Gasteiger partial charge on any atom is 0.270 e. The smallest absolute Gasteiger partial charge is 0.270 e. The van der Waals surface area contributed by atoms with Gasteiger partial charge in [0.1, 0.15) is 11.5 Å². The van der Waals surface area contributed by atoms with Crippen molar-refractivity contribution in [3.63, 3.8) is 0 Å². The topological polar surface area (TPSA) is 125 Å². The van der Waals surface area contributed by atoms with Crippen LogP contribution in [0.15, 0.2) is 44.2 Å². The van der Waals surface area contributed by atoms with E-state index in [-0.39, 0.29) is 33.4 Å². The maximum atomic E-state index is 13.5. The van der Waals surface area contributed by atoms with E-state index in [1.54, 1.807) is 0 Å². The summed E-state index contributed by atoms with van der Waals surface area (Å²) in [4.78, 5) is -0.253. The molecule has 1 spiro atoms. The highest BCUT2D eigenvalue weighted by Gasteiger charge is 2.50. The van der Waals surface area contributed by atoms with Crippen LogP contribution in [0.3, 0.4) is 0 Å². The fraction of sp³-hybridized carbons (Fsp3) is 0.348. The second-order valence-corrected chi connectivity index (χ2v) is 13.7. The molecule has 1 heterocycles. The Kier molecular flexibility index (Phi) is 5.68. The molecule has 0 aliphatic heterocycles. The minimum absolute atomic E-state index is 0.0409. The van der Waals surface area contributed by atoms with Crippen molar-refractivity contribution in [3.05, 3.63) is 51.5 Å². The fourth-order valence-electron chi connectivity index (χ4n) is 4.73. The number of aromatic nitrogens is 1. The summed E-state index contributed by atoms with van der Waals surface area (Å²) < 4.78 is 70.3. The third-order valence-electron chi connectivity index (χ3n) is 6.40. The first-order valence-corrected chi connectivity index (χ1v) is 15.0. The molecule has 0 saturated heterocycles. The first-order valence-electron chi connectivity index (χ1n) is 10.7. The molecule has 2 aliphatic carbocycles. The van der Waals surface area contributed by atoms with Gasteiger partial charge in [-0.25, -0.2) is 16.8 Å². The highest BCUT2D eigenvalue weighted by molar-refractivity contribution is 9.10. The van der Waals surface area contributed by atoms with E-state index in [4.69, 9.17) is 14.0 Å². The molecule has 12 heteroatoms. The summed E-state index contributed by atoms with van der Waals surface area (Å²) in [6.45, 7) is 0. The van der Waals surface area contributed by atoms with Crippen LogP contribution in [-0.4, -0.2) is 42.5 Å². The van der Waals surface area contributed by atoms with Crippen molar-refractivity contribution in [3.8, 4) is 22.8 Å². The number of hydrogen-bond donors (Lipinski definition) is 1. The van der Waals surface area contributed by atoms with Crippen molar-refractivity contribution < 1.29 is 30.8 Å². The number of benzene rings is 2. The molecule has 1 saturated carbocycles. The van der Waals surface area contributed by atoms with Gasteiger partial charge in [0.2, 0.25) is 0 Å². The minimum Gasteiger partial charge on any atom is -0.495 e. The standard InChI is InChI=1S/C23H23BrN2O7S2/c1-31-18-8-13(12-34(3,27)28)9-19(32-2)21(18)35(29,30)26-22-16-11-23(6-7-23)17-5-4-14(24)10-15(17)20(16)33-25-22/h4-5,8-10H,6-7,11-12H2,1-3H3,(H,25,26). The molecule has 2 aliphatic rings. The number of nitrogens with zero attached hydrogens (tertiary/aromatic N) is 1. The van der Waals surface area contributed by atoms with Gasteiger partial charge in [-0.3, -0.25) is 4.72 Å². The van der Waals surface area contributed by atoms with Gasteiger partial charge in [-0.1, -0.05) is 27.2 Å². The zero-order valence-corrected chi connectivity index (χ0v) is 22.4. The van der Waals surface area contributed by atoms with E-state index in [2.05, 4.69) is 31.9 Å². The van der Waals surface area contributed by atoms with Gasteiger partial charge in [-0.2, -0.15) is 0 Å². The number of fused-ring (bicyclic) bond motifs is 4. The number of sulfonamides is 1. The molecule has 186 valence electrons. The minimum atomic E-state index is -4.25. The van der Waals surface area contributed by atoms with Crippen LogP contribution < -0.4 is 14.2 Å². The first kappa shape index (κ1) is 24.1. The second kappa shape index (κ2) is 8.24. The Morgan fingerprint density at radius 3 is 2.31 bits per heavy atom. The van der Waals surface area contributed by atoms with Gasteiger partial charge in [0.25, 0.3) is 10.0 Å². The molecule has 0 bridgehead atoms. The molecule has 0 amide bonds. The number of nitrogens with one attached hydrogen (secondary N) is 1. The van der Waals surface area contributed by atoms with E-state index in [0.717, 1.165) is 29.1 Å². The predicted molar refractivity (Wildman–Crippen MR) is 133 cm³/mol. The molecule has 0 radical (unpaired) electrons. The van der Waals surface area contributed by atoms with Crippen LogP contribution in [0.2, 0.25) is 0 Å². The number of methoxy groups -OCH3 is 2. The van der Waals surface area contributed by atoms with Crippen LogP contribution in [0, 0.1) is 0 Å². The number of hydrogen-bond acceptors (Lipinski definition) is 8. The molecular formula is C23H23BrN2O7S2. The molecular weight excluding hydrogens is 560 g/mol. The van der Waals surface area contributed by atoms with Crippen LogP contribution in [0.1, 0.15) is 29.5 Å². The summed E-state index contributed by atoms with van der Waals surface area (Å²) in [7, 11) is -4.99. The Balaban J connectivity index is 1.57. The summed E-state index contributed by atoms with van der Waals surface area (Å²) in [5.74, 6) is 0.281. The summed E-state index contributed by atoms with van der Waals surface area (Å²) in [6, 6.07) is 8.79. The van der Waals surface area contributed by atoms with Gasteiger partial charge < -0.3 is 14.0 Å². The predicted octanol–water partition coefficient (Wildman–Crippen LogP) is 4.05. The van der Waals surface area contributed by atoms with E-state index in [1.807, 2.05) is 12.1 Å². The first-order chi connectivity index (χ1) is 16.5. The number of sulfone groups is 1. The van der Waals surface area contributed by atoms with Gasteiger partial charge >= 0.3 is 0 Å². The molecule has 3 aromatic rings. The Morgan fingerprint density at radius 1 is 1.09 bits per heavy atom. The summed E-state index contributed by atoms with van der Waals surface area (Å²) >= 11 is 3.50. The number of anilines is 1. The molecule has 0 unspecified atom stereocenters. The monoisotopic (exact) mass is 582 g/mol. The van der Waals surface area contributed by atoms with Gasteiger partial charge in [-0.15, -0.1) is 0 Å². The van der Waals surface area contributed by atoms with Crippen molar-refractivity contribution in [1.82, 2.24) is 5.16 Å². The maximum absolute atomic E-state index is 13.5. The molecule has 35 heavy (non-hydrogen) atoms. The van der Waals surface area contributed by atoms with Crippen molar-refractivity contribution in [2.75, 3.05) is 25.2 Å². The molecule has 1 aromatic heterocycles. The highest BCUT2D eigenvalue weighted by atomic mass is 79.9. The van der Waals surface area contributed by atoms with Crippen LogP contribution in [0.5, 0.6) is 11.5 Å². The van der Waals surface area contributed by atoms with Gasteiger partial charge in [0, 0.05) is 27.3 Å². The van der Waals surface area contributed by atoms with E-state index in [0.29, 0.717) is 23.3 Å². The number of ether oxygens (including phenoxy) is 2. The van der Waals surface area contributed by atoms with Crippen LogP contribution >= 0.6 is 15.9 Å². The molecule has 0 atom stereocenters. The van der Waals surface area contributed by atoms with Gasteiger partial charge in [0.05, 0.1) is 20.0 Å². The zero-order chi connectivity index (χ0) is 25.2. The quantitative estimate of drug-likeness (QED) is 0.442. The van der Waals surface area contributed by atoms with Crippen LogP contribution in [0.25, 0.3) is 11.3 Å². The van der Waals surface area contributed by atoms with Crippen LogP contribution in [0.4, 0.5) is 5.82 Å². The van der Waals surface area contributed by atoms with E-state index < -0.39 is 19.9 Å². The van der Waals surface area contributed by atoms with Crippen molar-refractivity contribution in [2.24, 2.45) is 0 Å². The van der Waals surface area contributed by atoms with E-state index in [1.165, 1.54) is 31.9 Å². The van der Waals surface area contributed by atoms with Crippen LogP contribution in [-0.2, 0) is 37.4 Å². The van der Waals surface area contributed by atoms with Crippen molar-refractivity contribution in [1.29, 1.82) is 0 Å². The SMILES string of the molecule is COc1cc(CS(C)(=O)=O)cc(OC)c1S(=O)(=O)Nc1noc2c1CC1(CC1)c1ccc(Br)cc1-2. The molecule has 9 nitrogen and oxygen atoms in total. The van der Waals surface area contributed by atoms with E-state index in [9.17, 15) is 16.8 Å². The Labute approximate surface area is 211 Å². The lowest BCUT2D eigenvalue weighted by Gasteiger charge is -2.24. The average molecular weight is 583 g/mol. The zero-order valence-electron chi connectivity index (χ0n) is 19.2. The third kappa shape index (κ3) is 4.31. The Bertz CT molecular complexity index is 1530. The van der Waals surface area contributed by atoms with E-state index >= 15 is 0 Å². The fourth-order valence-corrected chi connectivity index (χ4v) is 7.19. The number of halogens is 1.